The standard InChI is InChI=1S/C34H36O8/c1-20(26-14-13-24-15-29(40-2)30(41-3)17-27(24)26)32(38)34(18-25(16-31(36)37)28(35)19-34)42-33(39)23-11-9-22(10-12-23)21-7-5-4-6-8-21/h4-12,15,17,25-26,28,35,38H,13-14,16,18-19H2,1-3H3,(H,36,37)/t25-,26?,28+,34-/m0/s1. The molecule has 42 heavy (non-hydrogen) atoms. The highest BCUT2D eigenvalue weighted by atomic mass is 16.6. The van der Waals surface area contributed by atoms with E-state index in [1.165, 1.54) is 0 Å². The number of carboxylic acids is 1. The summed E-state index contributed by atoms with van der Waals surface area (Å²) in [6.07, 6.45) is -0.00801. The average molecular weight is 573 g/mol. The van der Waals surface area contributed by atoms with Crippen molar-refractivity contribution in [2.24, 2.45) is 5.92 Å². The Bertz CT molecular complexity index is 1490. The van der Waals surface area contributed by atoms with Crippen LogP contribution in [0.5, 0.6) is 11.5 Å². The third-order valence-corrected chi connectivity index (χ3v) is 8.68. The zero-order chi connectivity index (χ0) is 30.0. The number of carboxylic acid groups (broad SMARTS) is 1. The first-order valence-corrected chi connectivity index (χ1v) is 14.1. The van der Waals surface area contributed by atoms with E-state index in [1.54, 1.807) is 33.3 Å². The third-order valence-electron chi connectivity index (χ3n) is 8.68. The lowest BCUT2D eigenvalue weighted by atomic mass is 9.86. The van der Waals surface area contributed by atoms with Crippen LogP contribution >= 0.6 is 0 Å². The number of benzene rings is 3. The summed E-state index contributed by atoms with van der Waals surface area (Å²) >= 11 is 0. The van der Waals surface area contributed by atoms with E-state index in [0.717, 1.165) is 28.7 Å². The summed E-state index contributed by atoms with van der Waals surface area (Å²) in [6, 6.07) is 20.6. The molecule has 1 saturated carbocycles. The van der Waals surface area contributed by atoms with Crippen LogP contribution in [-0.4, -0.2) is 53.2 Å². The number of esters is 1. The summed E-state index contributed by atoms with van der Waals surface area (Å²) in [4.78, 5) is 25.1. The summed E-state index contributed by atoms with van der Waals surface area (Å²) in [7, 11) is 3.15. The molecule has 3 aromatic rings. The second kappa shape index (κ2) is 11.9. The lowest BCUT2D eigenvalue weighted by Gasteiger charge is -2.31. The molecule has 3 N–H and O–H groups in total. The van der Waals surface area contributed by atoms with Gasteiger partial charge in [-0.2, -0.15) is 0 Å². The Kier molecular flexibility index (Phi) is 8.27. The monoisotopic (exact) mass is 572 g/mol. The zero-order valence-corrected chi connectivity index (χ0v) is 24.0. The normalized spacial score (nSPS) is 23.6. The van der Waals surface area contributed by atoms with Crippen molar-refractivity contribution < 1.29 is 39.1 Å². The number of rotatable bonds is 9. The van der Waals surface area contributed by atoms with Gasteiger partial charge in [0.2, 0.25) is 0 Å². The average Bonchev–Trinajstić information content (AvgIpc) is 3.55. The first kappa shape index (κ1) is 29.2. The molecule has 4 atom stereocenters. The van der Waals surface area contributed by atoms with Crippen molar-refractivity contribution in [3.8, 4) is 22.6 Å². The number of aliphatic hydroxyl groups excluding tert-OH is 2. The van der Waals surface area contributed by atoms with Crippen molar-refractivity contribution in [1.82, 2.24) is 0 Å². The van der Waals surface area contributed by atoms with Gasteiger partial charge in [0.25, 0.3) is 0 Å². The van der Waals surface area contributed by atoms with Gasteiger partial charge in [-0.1, -0.05) is 42.5 Å². The van der Waals surface area contributed by atoms with E-state index in [9.17, 15) is 24.9 Å². The van der Waals surface area contributed by atoms with Crippen LogP contribution < -0.4 is 9.47 Å². The predicted molar refractivity (Wildman–Crippen MR) is 157 cm³/mol. The number of aryl methyl sites for hydroxylation is 1. The molecule has 0 saturated heterocycles. The Labute approximate surface area is 245 Å². The number of hydrogen-bond acceptors (Lipinski definition) is 7. The quantitative estimate of drug-likeness (QED) is 0.209. The van der Waals surface area contributed by atoms with Crippen LogP contribution in [-0.2, 0) is 16.0 Å². The summed E-state index contributed by atoms with van der Waals surface area (Å²) in [5.41, 5.74) is 3.32. The van der Waals surface area contributed by atoms with Crippen LogP contribution in [0.2, 0.25) is 0 Å². The number of ether oxygens (including phenoxy) is 3. The molecule has 1 unspecified atom stereocenters. The first-order valence-electron chi connectivity index (χ1n) is 14.1. The number of aliphatic hydroxyl groups is 2. The van der Waals surface area contributed by atoms with Crippen molar-refractivity contribution in [2.45, 2.75) is 56.7 Å². The topological polar surface area (TPSA) is 123 Å². The van der Waals surface area contributed by atoms with Crippen LogP contribution in [0.4, 0.5) is 0 Å². The summed E-state index contributed by atoms with van der Waals surface area (Å²) < 4.78 is 17.0. The Morgan fingerprint density at radius 2 is 1.55 bits per heavy atom. The van der Waals surface area contributed by atoms with Gasteiger partial charge in [-0.15, -0.1) is 0 Å². The largest absolute Gasteiger partial charge is 0.508 e. The predicted octanol–water partition coefficient (Wildman–Crippen LogP) is 6.07. The molecule has 0 spiro atoms. The van der Waals surface area contributed by atoms with E-state index < -0.39 is 29.6 Å². The van der Waals surface area contributed by atoms with Gasteiger partial charge in [0.15, 0.2) is 17.1 Å². The van der Waals surface area contributed by atoms with Gasteiger partial charge < -0.3 is 29.5 Å². The molecule has 2 aliphatic rings. The van der Waals surface area contributed by atoms with Crippen molar-refractivity contribution in [1.29, 1.82) is 0 Å². The van der Waals surface area contributed by atoms with Gasteiger partial charge in [-0.25, -0.2) is 4.79 Å². The molecule has 1 fully saturated rings. The number of carbonyl (C=O) groups is 2. The summed E-state index contributed by atoms with van der Waals surface area (Å²) in [5.74, 6) is -1.53. The Balaban J connectivity index is 1.49. The van der Waals surface area contributed by atoms with E-state index in [1.807, 2.05) is 54.6 Å². The first-order chi connectivity index (χ1) is 20.2. The van der Waals surface area contributed by atoms with E-state index >= 15 is 0 Å². The van der Waals surface area contributed by atoms with Gasteiger partial charge in [0.1, 0.15) is 5.76 Å². The molecule has 0 amide bonds. The SMILES string of the molecule is COc1cc2c(cc1OC)C(C(C)=C(O)[C@]1(OC(=O)c3ccc(-c4ccccc4)cc3)C[C@H](CC(=O)O)[C@H](O)C1)CC2. The number of hydrogen-bond donors (Lipinski definition) is 3. The Morgan fingerprint density at radius 1 is 0.905 bits per heavy atom. The van der Waals surface area contributed by atoms with Crippen LogP contribution in [0, 0.1) is 5.92 Å². The van der Waals surface area contributed by atoms with E-state index in [4.69, 9.17) is 14.2 Å². The van der Waals surface area contributed by atoms with Crippen LogP contribution in [0.3, 0.4) is 0 Å². The Hall–Kier alpha value is -4.30. The number of allylic oxidation sites excluding steroid dienone is 1. The van der Waals surface area contributed by atoms with E-state index in [2.05, 4.69) is 0 Å². The van der Waals surface area contributed by atoms with Gasteiger partial charge in [0, 0.05) is 18.8 Å². The Morgan fingerprint density at radius 3 is 2.19 bits per heavy atom. The van der Waals surface area contributed by atoms with Crippen LogP contribution in [0.25, 0.3) is 11.1 Å². The minimum atomic E-state index is -1.57. The van der Waals surface area contributed by atoms with E-state index in [-0.39, 0.29) is 30.9 Å². The van der Waals surface area contributed by atoms with Crippen LogP contribution in [0.1, 0.15) is 60.0 Å². The molecule has 220 valence electrons. The third kappa shape index (κ3) is 5.59. The van der Waals surface area contributed by atoms with Crippen LogP contribution in [0.15, 0.2) is 78.1 Å². The minimum absolute atomic E-state index is 0.0109. The highest BCUT2D eigenvalue weighted by molar-refractivity contribution is 5.90. The van der Waals surface area contributed by atoms with Crippen molar-refractivity contribution >= 4 is 11.9 Å². The number of methoxy groups -OCH3 is 2. The molecule has 5 rings (SSSR count). The fourth-order valence-electron chi connectivity index (χ4n) is 6.48. The number of fused-ring (bicyclic) bond motifs is 1. The smallest absolute Gasteiger partial charge is 0.339 e. The molecule has 8 nitrogen and oxygen atoms in total. The molecule has 2 aliphatic carbocycles. The molecular formula is C34H36O8. The fraction of sp³-hybridized carbons (Fsp3) is 0.353. The highest BCUT2D eigenvalue weighted by Gasteiger charge is 2.52. The maximum absolute atomic E-state index is 13.5. The number of carbonyl (C=O) groups excluding carboxylic acids is 1. The molecule has 0 aliphatic heterocycles. The van der Waals surface area contributed by atoms with E-state index in [0.29, 0.717) is 29.1 Å². The zero-order valence-electron chi connectivity index (χ0n) is 24.0. The molecule has 0 heterocycles. The maximum atomic E-state index is 13.5. The van der Waals surface area contributed by atoms with Crippen molar-refractivity contribution in [3.63, 3.8) is 0 Å². The molecule has 0 radical (unpaired) electrons. The minimum Gasteiger partial charge on any atom is -0.508 e. The van der Waals surface area contributed by atoms with Gasteiger partial charge in [-0.3, -0.25) is 4.79 Å². The second-order valence-electron chi connectivity index (χ2n) is 11.2. The lowest BCUT2D eigenvalue weighted by Crippen LogP contribution is -2.37. The summed E-state index contributed by atoms with van der Waals surface area (Å²) in [6.45, 7) is 1.80. The van der Waals surface area contributed by atoms with Crippen molar-refractivity contribution in [3.05, 3.63) is 94.8 Å². The van der Waals surface area contributed by atoms with Gasteiger partial charge in [-0.05, 0) is 77.8 Å². The fourth-order valence-corrected chi connectivity index (χ4v) is 6.48. The lowest BCUT2D eigenvalue weighted by molar-refractivity contribution is -0.138. The van der Waals surface area contributed by atoms with Crippen molar-refractivity contribution in [2.75, 3.05) is 14.2 Å². The molecule has 0 aromatic heterocycles. The molecule has 0 bridgehead atoms. The number of aliphatic carboxylic acids is 1. The maximum Gasteiger partial charge on any atom is 0.339 e. The van der Waals surface area contributed by atoms with Gasteiger partial charge >= 0.3 is 11.9 Å². The summed E-state index contributed by atoms with van der Waals surface area (Å²) in [5, 5.41) is 32.2. The molecule has 3 aromatic carbocycles. The molecular weight excluding hydrogens is 536 g/mol. The second-order valence-corrected chi connectivity index (χ2v) is 11.2. The highest BCUT2D eigenvalue weighted by Crippen LogP contribution is 2.49. The molecule has 8 heteroatoms. The van der Waals surface area contributed by atoms with Gasteiger partial charge in [0.05, 0.1) is 32.3 Å².